The van der Waals surface area contributed by atoms with Crippen LogP contribution in [0.5, 0.6) is 0 Å². The molecule has 7 heteroatoms. The van der Waals surface area contributed by atoms with Gasteiger partial charge in [0.1, 0.15) is 5.65 Å². The van der Waals surface area contributed by atoms with E-state index in [-0.39, 0.29) is 17.9 Å². The molecule has 2 aromatic heterocycles. The second kappa shape index (κ2) is 6.06. The summed E-state index contributed by atoms with van der Waals surface area (Å²) < 4.78 is 0. The van der Waals surface area contributed by atoms with E-state index in [1.54, 1.807) is 6.20 Å². The van der Waals surface area contributed by atoms with Gasteiger partial charge in [-0.05, 0) is 50.0 Å². The van der Waals surface area contributed by atoms with E-state index in [1.807, 2.05) is 6.07 Å². The van der Waals surface area contributed by atoms with Crippen LogP contribution in [-0.4, -0.2) is 27.8 Å². The van der Waals surface area contributed by atoms with Gasteiger partial charge in [0.05, 0.1) is 11.3 Å². The van der Waals surface area contributed by atoms with Crippen LogP contribution in [0.1, 0.15) is 42.5 Å². The zero-order chi connectivity index (χ0) is 17.6. The lowest BCUT2D eigenvalue weighted by Crippen LogP contribution is -2.40. The van der Waals surface area contributed by atoms with Crippen molar-refractivity contribution < 1.29 is 9.59 Å². The Morgan fingerprint density at radius 1 is 1.12 bits per heavy atom. The van der Waals surface area contributed by atoms with Crippen LogP contribution >= 0.6 is 0 Å². The van der Waals surface area contributed by atoms with Gasteiger partial charge in [0.2, 0.25) is 5.91 Å². The van der Waals surface area contributed by atoms with Crippen molar-refractivity contribution in [2.45, 2.75) is 38.1 Å². The zero-order valence-electron chi connectivity index (χ0n) is 14.0. The molecule has 7 nitrogen and oxygen atoms in total. The number of anilines is 1. The molecule has 2 aliphatic rings. The van der Waals surface area contributed by atoms with Crippen molar-refractivity contribution >= 4 is 28.5 Å². The summed E-state index contributed by atoms with van der Waals surface area (Å²) in [5.74, 6) is 0.373. The number of pyridine rings is 1. The third kappa shape index (κ3) is 2.94. The minimum Gasteiger partial charge on any atom is -0.381 e. The van der Waals surface area contributed by atoms with E-state index in [2.05, 4.69) is 15.3 Å². The fourth-order valence-electron chi connectivity index (χ4n) is 4.76. The molecular weight excluding hydrogens is 318 g/mol. The van der Waals surface area contributed by atoms with Gasteiger partial charge in [0, 0.05) is 29.7 Å². The molecule has 0 spiro atoms. The van der Waals surface area contributed by atoms with Crippen LogP contribution in [0.2, 0.25) is 0 Å². The lowest BCUT2D eigenvalue weighted by molar-refractivity contribution is -0.124. The zero-order valence-corrected chi connectivity index (χ0v) is 14.0. The molecule has 25 heavy (non-hydrogen) atoms. The van der Waals surface area contributed by atoms with Crippen LogP contribution in [0.4, 0.5) is 5.69 Å². The van der Waals surface area contributed by atoms with Gasteiger partial charge in [0.15, 0.2) is 0 Å². The molecule has 0 aliphatic heterocycles. The Labute approximate surface area is 145 Å². The summed E-state index contributed by atoms with van der Waals surface area (Å²) in [6.07, 6.45) is 8.21. The number of carbonyl (C=O) groups excluding carboxylic acids is 2. The summed E-state index contributed by atoms with van der Waals surface area (Å²) in [6.45, 7) is 0. The van der Waals surface area contributed by atoms with E-state index in [9.17, 15) is 9.59 Å². The highest BCUT2D eigenvalue weighted by atomic mass is 16.1. The second-order valence-electron chi connectivity index (χ2n) is 7.50. The molecule has 2 aromatic rings. The second-order valence-corrected chi connectivity index (χ2v) is 7.50. The quantitative estimate of drug-likeness (QED) is 0.675. The average Bonchev–Trinajstić information content (AvgIpc) is 3.03. The van der Waals surface area contributed by atoms with Gasteiger partial charge >= 0.3 is 0 Å². The normalized spacial score (nSPS) is 28.6. The number of primary amides is 2. The van der Waals surface area contributed by atoms with E-state index in [1.165, 1.54) is 12.6 Å². The maximum atomic E-state index is 11.8. The first kappa shape index (κ1) is 15.9. The molecule has 2 bridgehead atoms. The van der Waals surface area contributed by atoms with Crippen LogP contribution in [0.3, 0.4) is 0 Å². The Morgan fingerprint density at radius 2 is 1.84 bits per heavy atom. The summed E-state index contributed by atoms with van der Waals surface area (Å²) in [5.41, 5.74) is 13.0. The summed E-state index contributed by atoms with van der Waals surface area (Å²) >= 11 is 0. The van der Waals surface area contributed by atoms with E-state index < -0.39 is 5.91 Å². The van der Waals surface area contributed by atoms with Crippen molar-refractivity contribution in [2.24, 2.45) is 29.2 Å². The smallest absolute Gasteiger partial charge is 0.252 e. The van der Waals surface area contributed by atoms with Gasteiger partial charge in [0.25, 0.3) is 5.91 Å². The first-order valence-corrected chi connectivity index (χ1v) is 8.83. The number of fused-ring (bicyclic) bond motifs is 3. The molecule has 0 saturated heterocycles. The number of nitrogens with two attached hydrogens (primary N) is 2. The molecule has 0 unspecified atom stereocenters. The molecule has 4 atom stereocenters. The lowest BCUT2D eigenvalue weighted by atomic mass is 9.66. The number of amides is 2. The fraction of sp³-hybridized carbons (Fsp3) is 0.500. The summed E-state index contributed by atoms with van der Waals surface area (Å²) in [4.78, 5) is 30.7. The molecule has 2 aliphatic carbocycles. The van der Waals surface area contributed by atoms with Crippen molar-refractivity contribution in [1.29, 1.82) is 0 Å². The van der Waals surface area contributed by atoms with Crippen LogP contribution in [-0.2, 0) is 4.79 Å². The maximum absolute atomic E-state index is 11.8. The monoisotopic (exact) mass is 341 g/mol. The number of hydrogen-bond acceptors (Lipinski definition) is 4. The molecule has 0 radical (unpaired) electrons. The predicted octanol–water partition coefficient (Wildman–Crippen LogP) is 1.75. The molecule has 6 N–H and O–H groups in total. The predicted molar refractivity (Wildman–Crippen MR) is 94.8 cm³/mol. The van der Waals surface area contributed by atoms with Crippen molar-refractivity contribution in [2.75, 3.05) is 5.32 Å². The van der Waals surface area contributed by atoms with Gasteiger partial charge in [-0.25, -0.2) is 4.98 Å². The van der Waals surface area contributed by atoms with Gasteiger partial charge in [-0.2, -0.15) is 0 Å². The number of carbonyl (C=O) groups is 2. The van der Waals surface area contributed by atoms with Gasteiger partial charge in [-0.3, -0.25) is 9.59 Å². The fourth-order valence-corrected chi connectivity index (χ4v) is 4.76. The summed E-state index contributed by atoms with van der Waals surface area (Å²) in [5, 5.41) is 4.43. The number of aromatic amines is 1. The summed E-state index contributed by atoms with van der Waals surface area (Å²) in [7, 11) is 0. The van der Waals surface area contributed by atoms with E-state index in [0.717, 1.165) is 42.4 Å². The topological polar surface area (TPSA) is 127 Å². The maximum Gasteiger partial charge on any atom is 0.252 e. The minimum absolute atomic E-state index is 0.0168. The first-order valence-electron chi connectivity index (χ1n) is 8.83. The Kier molecular flexibility index (Phi) is 3.86. The third-order valence-corrected chi connectivity index (χ3v) is 5.74. The Balaban J connectivity index is 1.58. The number of nitrogens with zero attached hydrogens (tertiary/aromatic N) is 1. The molecular formula is C18H23N5O2. The van der Waals surface area contributed by atoms with Crippen molar-refractivity contribution in [1.82, 2.24) is 9.97 Å². The highest BCUT2D eigenvalue weighted by molar-refractivity contribution is 6.05. The number of H-pyrrole nitrogens is 1. The average molecular weight is 341 g/mol. The molecule has 132 valence electrons. The molecule has 2 heterocycles. The SMILES string of the molecule is NC(=O)c1cnc2[nH]ccc2c1N[C@H]1C[C@H]2C[C@@H](C1)C[C@H](C(N)=O)C2. The van der Waals surface area contributed by atoms with Crippen molar-refractivity contribution in [3.8, 4) is 0 Å². The number of rotatable bonds is 4. The number of aromatic nitrogens is 2. The van der Waals surface area contributed by atoms with E-state index in [4.69, 9.17) is 11.5 Å². The Bertz CT molecular complexity index is 816. The Hall–Kier alpha value is -2.57. The standard InChI is InChI=1S/C18H23N5O2/c19-16(24)11-4-9-3-10(5-11)7-12(6-9)23-15-13-1-2-21-18(13)22-8-14(15)17(20)25/h1-2,8-12H,3-7H2,(H2,19,24)(H2,20,25)(H2,21,22,23)/t9-,10+,11+,12-. The van der Waals surface area contributed by atoms with Gasteiger partial charge in [-0.15, -0.1) is 0 Å². The first-order chi connectivity index (χ1) is 12.0. The van der Waals surface area contributed by atoms with Crippen LogP contribution in [0, 0.1) is 17.8 Å². The highest BCUT2D eigenvalue weighted by Gasteiger charge is 2.38. The highest BCUT2D eigenvalue weighted by Crippen LogP contribution is 2.43. The lowest BCUT2D eigenvalue weighted by Gasteiger charge is -2.42. The van der Waals surface area contributed by atoms with Gasteiger partial charge < -0.3 is 21.8 Å². The number of nitrogens with one attached hydrogen (secondary N) is 2. The van der Waals surface area contributed by atoms with Crippen LogP contribution in [0.15, 0.2) is 18.5 Å². The number of hydrogen-bond donors (Lipinski definition) is 4. The molecule has 0 aromatic carbocycles. The van der Waals surface area contributed by atoms with Crippen LogP contribution in [0.25, 0.3) is 11.0 Å². The summed E-state index contributed by atoms with van der Waals surface area (Å²) in [6, 6.07) is 2.17. The van der Waals surface area contributed by atoms with E-state index in [0.29, 0.717) is 17.4 Å². The molecule has 4 rings (SSSR count). The molecule has 2 saturated carbocycles. The van der Waals surface area contributed by atoms with E-state index >= 15 is 0 Å². The molecule has 2 amide bonds. The van der Waals surface area contributed by atoms with Crippen molar-refractivity contribution in [3.63, 3.8) is 0 Å². The molecule has 2 fully saturated rings. The minimum atomic E-state index is -0.483. The van der Waals surface area contributed by atoms with Crippen LogP contribution < -0.4 is 16.8 Å². The third-order valence-electron chi connectivity index (χ3n) is 5.74. The van der Waals surface area contributed by atoms with Crippen molar-refractivity contribution in [3.05, 3.63) is 24.0 Å². The van der Waals surface area contributed by atoms with Gasteiger partial charge in [-0.1, -0.05) is 0 Å². The Morgan fingerprint density at radius 3 is 2.48 bits per heavy atom. The largest absolute Gasteiger partial charge is 0.381 e.